The van der Waals surface area contributed by atoms with Crippen LogP contribution in [0.4, 0.5) is 0 Å². The van der Waals surface area contributed by atoms with E-state index in [0.717, 1.165) is 9.13 Å². The largest absolute Gasteiger partial charge is 0.480 e. The maximum Gasteiger partial charge on any atom is 0.237 e. The van der Waals surface area contributed by atoms with E-state index in [1.54, 1.807) is 19.5 Å². The highest BCUT2D eigenvalue weighted by molar-refractivity contribution is 14.1. The number of hydrogen-bond donors (Lipinski definition) is 1. The smallest absolute Gasteiger partial charge is 0.237 e. The molecule has 0 aliphatic heterocycles. The number of benzene rings is 1. The average Bonchev–Trinajstić information content (AvgIpc) is 2.40. The van der Waals surface area contributed by atoms with Crippen molar-refractivity contribution in [3.63, 3.8) is 0 Å². The minimum atomic E-state index is -0.417. The highest BCUT2D eigenvalue weighted by Gasteiger charge is 2.18. The predicted octanol–water partition coefficient (Wildman–Crippen LogP) is 2.79. The normalized spacial score (nSPS) is 12.2. The first-order valence-electron chi connectivity index (χ1n) is 5.19. The van der Waals surface area contributed by atoms with Crippen LogP contribution in [0.5, 0.6) is 5.88 Å². The Kier molecular flexibility index (Phi) is 4.36. The Morgan fingerprint density at radius 3 is 2.78 bits per heavy atom. The van der Waals surface area contributed by atoms with Crippen molar-refractivity contribution in [1.29, 1.82) is 0 Å². The molecular weight excluding hydrogens is 365 g/mol. The van der Waals surface area contributed by atoms with E-state index in [2.05, 4.69) is 32.6 Å². The Bertz CT molecular complexity index is 565. The third-order valence-corrected chi connectivity index (χ3v) is 3.69. The standard InChI is InChI=1S/C12H11ClIN3O/c1-18-12-11(16-4-5-17-12)10(15)8-6-7(13)2-3-9(8)14/h2-6,10H,15H2,1H3. The number of nitrogens with two attached hydrogens (primary N) is 1. The van der Waals surface area contributed by atoms with Gasteiger partial charge in [-0.3, -0.25) is 4.98 Å². The van der Waals surface area contributed by atoms with Crippen molar-refractivity contribution in [3.05, 3.63) is 50.4 Å². The summed E-state index contributed by atoms with van der Waals surface area (Å²) in [5.74, 6) is 0.431. The van der Waals surface area contributed by atoms with E-state index in [0.29, 0.717) is 16.6 Å². The van der Waals surface area contributed by atoms with Crippen LogP contribution in [0.15, 0.2) is 30.6 Å². The van der Waals surface area contributed by atoms with Crippen molar-refractivity contribution in [3.8, 4) is 5.88 Å². The fourth-order valence-electron chi connectivity index (χ4n) is 1.61. The van der Waals surface area contributed by atoms with E-state index in [1.807, 2.05) is 18.2 Å². The number of hydrogen-bond acceptors (Lipinski definition) is 4. The van der Waals surface area contributed by atoms with Crippen molar-refractivity contribution in [2.45, 2.75) is 6.04 Å². The number of aromatic nitrogens is 2. The van der Waals surface area contributed by atoms with Crippen molar-refractivity contribution < 1.29 is 4.74 Å². The molecule has 1 atom stereocenters. The summed E-state index contributed by atoms with van der Waals surface area (Å²) in [7, 11) is 1.54. The first-order chi connectivity index (χ1) is 8.63. The van der Waals surface area contributed by atoms with Gasteiger partial charge in [-0.05, 0) is 46.4 Å². The molecule has 2 aromatic rings. The first kappa shape index (κ1) is 13.5. The molecule has 0 aliphatic rings. The Morgan fingerprint density at radius 1 is 1.33 bits per heavy atom. The van der Waals surface area contributed by atoms with E-state index in [-0.39, 0.29) is 0 Å². The van der Waals surface area contributed by atoms with Crippen LogP contribution in [-0.4, -0.2) is 17.1 Å². The average molecular weight is 376 g/mol. The molecule has 1 unspecified atom stereocenters. The third-order valence-electron chi connectivity index (χ3n) is 2.47. The Balaban J connectivity index is 2.47. The van der Waals surface area contributed by atoms with E-state index >= 15 is 0 Å². The van der Waals surface area contributed by atoms with E-state index in [4.69, 9.17) is 22.1 Å². The molecule has 0 amide bonds. The zero-order valence-electron chi connectivity index (χ0n) is 9.60. The number of rotatable bonds is 3. The van der Waals surface area contributed by atoms with Crippen molar-refractivity contribution in [2.75, 3.05) is 7.11 Å². The van der Waals surface area contributed by atoms with Gasteiger partial charge in [-0.25, -0.2) is 4.98 Å². The molecule has 0 saturated carbocycles. The van der Waals surface area contributed by atoms with Gasteiger partial charge < -0.3 is 10.5 Å². The highest BCUT2D eigenvalue weighted by Crippen LogP contribution is 2.29. The lowest BCUT2D eigenvalue weighted by atomic mass is 10.0. The monoisotopic (exact) mass is 375 g/mol. The fraction of sp³-hybridized carbons (Fsp3) is 0.167. The van der Waals surface area contributed by atoms with Gasteiger partial charge in [0.25, 0.3) is 0 Å². The molecule has 94 valence electrons. The molecule has 18 heavy (non-hydrogen) atoms. The molecule has 6 heteroatoms. The molecule has 0 radical (unpaired) electrons. The quantitative estimate of drug-likeness (QED) is 0.838. The zero-order valence-corrected chi connectivity index (χ0v) is 12.5. The SMILES string of the molecule is COc1nccnc1C(N)c1cc(Cl)ccc1I. The molecule has 0 bridgehead atoms. The molecule has 4 nitrogen and oxygen atoms in total. The minimum Gasteiger partial charge on any atom is -0.480 e. The number of nitrogens with zero attached hydrogens (tertiary/aromatic N) is 2. The van der Waals surface area contributed by atoms with Gasteiger partial charge in [-0.2, -0.15) is 0 Å². The lowest BCUT2D eigenvalue weighted by Crippen LogP contribution is -2.16. The highest BCUT2D eigenvalue weighted by atomic mass is 127. The molecule has 1 aromatic carbocycles. The van der Waals surface area contributed by atoms with Crippen LogP contribution in [-0.2, 0) is 0 Å². The van der Waals surface area contributed by atoms with E-state index in [9.17, 15) is 0 Å². The fourth-order valence-corrected chi connectivity index (χ4v) is 2.46. The molecule has 1 heterocycles. The molecule has 0 aliphatic carbocycles. The summed E-state index contributed by atoms with van der Waals surface area (Å²) in [4.78, 5) is 8.33. The van der Waals surface area contributed by atoms with Crippen LogP contribution in [0, 0.1) is 3.57 Å². The molecule has 0 spiro atoms. The molecule has 0 fully saturated rings. The van der Waals surface area contributed by atoms with Crippen LogP contribution < -0.4 is 10.5 Å². The van der Waals surface area contributed by atoms with Crippen molar-refractivity contribution >= 4 is 34.2 Å². The summed E-state index contributed by atoms with van der Waals surface area (Å²) < 4.78 is 6.19. The lowest BCUT2D eigenvalue weighted by Gasteiger charge is -2.15. The molecular formula is C12H11ClIN3O. The number of methoxy groups -OCH3 is 1. The topological polar surface area (TPSA) is 61.0 Å². The Labute approximate surface area is 124 Å². The molecule has 2 N–H and O–H groups in total. The second-order valence-electron chi connectivity index (χ2n) is 3.59. The van der Waals surface area contributed by atoms with E-state index < -0.39 is 6.04 Å². The minimum absolute atomic E-state index is 0.417. The van der Waals surface area contributed by atoms with Gasteiger partial charge in [0, 0.05) is 21.0 Å². The second kappa shape index (κ2) is 5.81. The second-order valence-corrected chi connectivity index (χ2v) is 5.19. The van der Waals surface area contributed by atoms with Gasteiger partial charge in [-0.15, -0.1) is 0 Å². The Morgan fingerprint density at radius 2 is 2.06 bits per heavy atom. The maximum absolute atomic E-state index is 6.22. The molecule has 1 aromatic heterocycles. The van der Waals surface area contributed by atoms with Crippen molar-refractivity contribution in [1.82, 2.24) is 9.97 Å². The van der Waals surface area contributed by atoms with Gasteiger partial charge in [-0.1, -0.05) is 11.6 Å². The van der Waals surface area contributed by atoms with Crippen LogP contribution in [0.3, 0.4) is 0 Å². The summed E-state index contributed by atoms with van der Waals surface area (Å²) in [6, 6.07) is 5.16. The van der Waals surface area contributed by atoms with Gasteiger partial charge in [0.05, 0.1) is 13.2 Å². The maximum atomic E-state index is 6.22. The molecule has 2 rings (SSSR count). The summed E-state index contributed by atoms with van der Waals surface area (Å²) >= 11 is 8.21. The van der Waals surface area contributed by atoms with Crippen LogP contribution in [0.1, 0.15) is 17.3 Å². The van der Waals surface area contributed by atoms with Crippen LogP contribution in [0.25, 0.3) is 0 Å². The van der Waals surface area contributed by atoms with Crippen LogP contribution >= 0.6 is 34.2 Å². The molecule has 0 saturated heterocycles. The summed E-state index contributed by atoms with van der Waals surface area (Å²) in [5, 5.41) is 0.642. The first-order valence-corrected chi connectivity index (χ1v) is 6.64. The summed E-state index contributed by atoms with van der Waals surface area (Å²) in [6.45, 7) is 0. The van der Waals surface area contributed by atoms with Gasteiger partial charge >= 0.3 is 0 Å². The lowest BCUT2D eigenvalue weighted by molar-refractivity contribution is 0.387. The van der Waals surface area contributed by atoms with E-state index in [1.165, 1.54) is 0 Å². The third kappa shape index (κ3) is 2.73. The van der Waals surface area contributed by atoms with Gasteiger partial charge in [0.1, 0.15) is 5.69 Å². The number of halogens is 2. The Hall–Kier alpha value is -0.920. The van der Waals surface area contributed by atoms with Gasteiger partial charge in [0.2, 0.25) is 5.88 Å². The van der Waals surface area contributed by atoms with Crippen LogP contribution in [0.2, 0.25) is 5.02 Å². The summed E-state index contributed by atoms with van der Waals surface area (Å²) in [6.07, 6.45) is 3.16. The predicted molar refractivity (Wildman–Crippen MR) is 78.8 cm³/mol. The zero-order chi connectivity index (χ0) is 13.1. The van der Waals surface area contributed by atoms with Gasteiger partial charge in [0.15, 0.2) is 0 Å². The number of ether oxygens (including phenoxy) is 1. The summed E-state index contributed by atoms with van der Waals surface area (Å²) in [5.41, 5.74) is 7.72. The van der Waals surface area contributed by atoms with Crippen molar-refractivity contribution in [2.24, 2.45) is 5.73 Å².